The second-order valence-electron chi connectivity index (χ2n) is 7.06. The minimum atomic E-state index is -0.994. The average molecular weight is 475 g/mol. The molecule has 0 heterocycles. The zero-order chi connectivity index (χ0) is 23.6. The molecule has 0 fully saturated rings. The lowest BCUT2D eigenvalue weighted by Crippen LogP contribution is -2.55. The third-order valence-electron chi connectivity index (χ3n) is 3.96. The van der Waals surface area contributed by atoms with Crippen LogP contribution in [0.2, 0.25) is 5.02 Å². The topological polar surface area (TPSA) is 122 Å². The predicted molar refractivity (Wildman–Crippen MR) is 116 cm³/mol. The fourth-order valence-corrected chi connectivity index (χ4v) is 2.78. The Morgan fingerprint density at radius 3 is 2.48 bits per heavy atom. The zero-order valence-corrected chi connectivity index (χ0v) is 18.7. The lowest BCUT2D eigenvalue weighted by Gasteiger charge is -2.26. The molecule has 1 aromatic rings. The Morgan fingerprint density at radius 2 is 1.94 bits per heavy atom. The van der Waals surface area contributed by atoms with Gasteiger partial charge in [-0.2, -0.15) is 0 Å². The summed E-state index contributed by atoms with van der Waals surface area (Å²) in [5.74, 6) is -3.60. The first kappa shape index (κ1) is 26.4. The van der Waals surface area contributed by atoms with Crippen LogP contribution in [0.1, 0.15) is 32.3 Å². The van der Waals surface area contributed by atoms with Crippen molar-refractivity contribution in [3.05, 3.63) is 40.7 Å². The Morgan fingerprint density at radius 1 is 1.26 bits per heavy atom. The number of benzene rings is 1. The Kier molecular flexibility index (Phi) is 11.0. The second-order valence-corrected chi connectivity index (χ2v) is 7.76. The van der Waals surface area contributed by atoms with Gasteiger partial charge in [-0.3, -0.25) is 29.6 Å². The molecule has 4 N–H and O–H groups in total. The maximum absolute atomic E-state index is 13.8. The molecule has 0 saturated heterocycles. The third-order valence-corrected chi connectivity index (χ3v) is 4.42. The SMILES string of the molecule is CC(C)CC(NC(=O)/C=C/c1ccc(Cl)cc1F)C(=O)NN(CCC(N)=O)C(=O)CCl. The van der Waals surface area contributed by atoms with E-state index in [2.05, 4.69) is 10.7 Å². The molecule has 0 saturated carbocycles. The van der Waals surface area contributed by atoms with E-state index >= 15 is 0 Å². The van der Waals surface area contributed by atoms with E-state index in [4.69, 9.17) is 28.9 Å². The van der Waals surface area contributed by atoms with E-state index in [1.165, 1.54) is 18.2 Å². The van der Waals surface area contributed by atoms with Crippen LogP contribution in [0.3, 0.4) is 0 Å². The quantitative estimate of drug-likeness (QED) is 0.272. The molecule has 0 aliphatic carbocycles. The number of rotatable bonds is 10. The minimum absolute atomic E-state index is 0.0246. The number of nitrogens with one attached hydrogen (secondary N) is 2. The Balaban J connectivity index is 2.88. The van der Waals surface area contributed by atoms with E-state index in [1.54, 1.807) is 0 Å². The number of nitrogens with two attached hydrogens (primary N) is 1. The molecule has 1 atom stereocenters. The van der Waals surface area contributed by atoms with Gasteiger partial charge in [-0.1, -0.05) is 31.5 Å². The maximum Gasteiger partial charge on any atom is 0.261 e. The van der Waals surface area contributed by atoms with Gasteiger partial charge < -0.3 is 11.1 Å². The van der Waals surface area contributed by atoms with Crippen molar-refractivity contribution < 1.29 is 23.6 Å². The lowest BCUT2D eigenvalue weighted by molar-refractivity contribution is -0.141. The lowest BCUT2D eigenvalue weighted by atomic mass is 10.0. The summed E-state index contributed by atoms with van der Waals surface area (Å²) in [4.78, 5) is 47.9. The van der Waals surface area contributed by atoms with Crippen molar-refractivity contribution in [3.63, 3.8) is 0 Å². The first-order valence-electron chi connectivity index (χ1n) is 9.42. The highest BCUT2D eigenvalue weighted by Crippen LogP contribution is 2.15. The van der Waals surface area contributed by atoms with Gasteiger partial charge in [-0.05, 0) is 30.5 Å². The molecule has 0 aromatic heterocycles. The standard InChI is InChI=1S/C20H25Cl2FN4O4/c1-12(2)9-16(20(31)26-27(19(30)11-21)8-7-17(24)28)25-18(29)6-4-13-3-5-14(22)10-15(13)23/h3-6,10,12,16H,7-9,11H2,1-2H3,(H2,24,28)(H,25,29)(H,26,31)/b6-4+. The summed E-state index contributed by atoms with van der Waals surface area (Å²) in [6, 6.07) is 3.01. The Hall–Kier alpha value is -2.65. The number of nitrogens with zero attached hydrogens (tertiary/aromatic N) is 1. The molecule has 8 nitrogen and oxygen atoms in total. The summed E-state index contributed by atoms with van der Waals surface area (Å²) in [7, 11) is 0. The first-order valence-corrected chi connectivity index (χ1v) is 10.3. The van der Waals surface area contributed by atoms with Crippen molar-refractivity contribution in [2.45, 2.75) is 32.7 Å². The number of hydrogen-bond donors (Lipinski definition) is 3. The van der Waals surface area contributed by atoms with Crippen LogP contribution in [-0.2, 0) is 19.2 Å². The number of hydrogen-bond acceptors (Lipinski definition) is 4. The van der Waals surface area contributed by atoms with E-state index in [0.29, 0.717) is 0 Å². The highest BCUT2D eigenvalue weighted by atomic mass is 35.5. The Bertz CT molecular complexity index is 848. The van der Waals surface area contributed by atoms with Crippen LogP contribution in [0.25, 0.3) is 6.08 Å². The molecular formula is C20H25Cl2FN4O4. The molecule has 170 valence electrons. The molecule has 1 unspecified atom stereocenters. The van der Waals surface area contributed by atoms with Crippen molar-refractivity contribution in [1.82, 2.24) is 15.8 Å². The van der Waals surface area contributed by atoms with Crippen LogP contribution < -0.4 is 16.5 Å². The van der Waals surface area contributed by atoms with Crippen LogP contribution in [0.4, 0.5) is 4.39 Å². The molecule has 4 amide bonds. The monoisotopic (exact) mass is 474 g/mol. The number of halogens is 3. The van der Waals surface area contributed by atoms with Gasteiger partial charge in [0.05, 0.1) is 6.54 Å². The maximum atomic E-state index is 13.8. The van der Waals surface area contributed by atoms with Gasteiger partial charge in [0.2, 0.25) is 11.8 Å². The number of amides is 4. The highest BCUT2D eigenvalue weighted by molar-refractivity contribution is 6.30. The van der Waals surface area contributed by atoms with Gasteiger partial charge in [0.1, 0.15) is 17.7 Å². The third kappa shape index (κ3) is 9.80. The predicted octanol–water partition coefficient (Wildman–Crippen LogP) is 2.00. The largest absolute Gasteiger partial charge is 0.370 e. The van der Waals surface area contributed by atoms with E-state index in [1.807, 2.05) is 13.8 Å². The van der Waals surface area contributed by atoms with Crippen LogP contribution in [0, 0.1) is 11.7 Å². The normalized spacial score (nSPS) is 11.9. The first-order chi connectivity index (χ1) is 14.5. The molecule has 11 heteroatoms. The van der Waals surface area contributed by atoms with Crippen molar-refractivity contribution in [2.75, 3.05) is 12.4 Å². The summed E-state index contributed by atoms with van der Waals surface area (Å²) in [5.41, 5.74) is 7.59. The molecule has 1 rings (SSSR count). The summed E-state index contributed by atoms with van der Waals surface area (Å²) in [5, 5.41) is 3.64. The van der Waals surface area contributed by atoms with Gasteiger partial charge >= 0.3 is 0 Å². The van der Waals surface area contributed by atoms with Gasteiger partial charge in [0.25, 0.3) is 11.8 Å². The molecule has 1 aromatic carbocycles. The van der Waals surface area contributed by atoms with E-state index < -0.39 is 41.4 Å². The fraction of sp³-hybridized carbons (Fsp3) is 0.400. The number of primary amides is 1. The van der Waals surface area contributed by atoms with Gasteiger partial charge in [0, 0.05) is 23.1 Å². The number of carbonyl (C=O) groups is 4. The number of carbonyl (C=O) groups excluding carboxylic acids is 4. The summed E-state index contributed by atoms with van der Waals surface area (Å²) in [6.07, 6.45) is 2.42. The van der Waals surface area contributed by atoms with Crippen molar-refractivity contribution in [3.8, 4) is 0 Å². The minimum Gasteiger partial charge on any atom is -0.370 e. The Labute approximate surface area is 189 Å². The molecule has 0 spiro atoms. The van der Waals surface area contributed by atoms with Crippen LogP contribution >= 0.6 is 23.2 Å². The van der Waals surface area contributed by atoms with Crippen LogP contribution in [0.5, 0.6) is 0 Å². The summed E-state index contributed by atoms with van der Waals surface area (Å²) < 4.78 is 13.8. The second kappa shape index (κ2) is 12.9. The molecule has 0 aliphatic heterocycles. The van der Waals surface area contributed by atoms with E-state index in [9.17, 15) is 23.6 Å². The molecular weight excluding hydrogens is 450 g/mol. The van der Waals surface area contributed by atoms with Crippen LogP contribution in [-0.4, -0.2) is 47.1 Å². The zero-order valence-electron chi connectivity index (χ0n) is 17.2. The smallest absolute Gasteiger partial charge is 0.261 e. The van der Waals surface area contributed by atoms with E-state index in [-0.39, 0.29) is 35.9 Å². The van der Waals surface area contributed by atoms with Crippen molar-refractivity contribution >= 4 is 52.9 Å². The van der Waals surface area contributed by atoms with E-state index in [0.717, 1.165) is 17.2 Å². The van der Waals surface area contributed by atoms with Gasteiger partial charge in [-0.25, -0.2) is 4.39 Å². The summed E-state index contributed by atoms with van der Waals surface area (Å²) in [6.45, 7) is 3.53. The van der Waals surface area contributed by atoms with Crippen molar-refractivity contribution in [1.29, 1.82) is 0 Å². The van der Waals surface area contributed by atoms with Crippen molar-refractivity contribution in [2.24, 2.45) is 11.7 Å². The molecule has 0 aliphatic rings. The number of alkyl halides is 1. The highest BCUT2D eigenvalue weighted by Gasteiger charge is 2.25. The summed E-state index contributed by atoms with van der Waals surface area (Å²) >= 11 is 11.2. The molecule has 31 heavy (non-hydrogen) atoms. The average Bonchev–Trinajstić information content (AvgIpc) is 2.68. The molecule has 0 radical (unpaired) electrons. The number of hydrazine groups is 1. The van der Waals surface area contributed by atoms with Gasteiger partial charge in [0.15, 0.2) is 0 Å². The van der Waals surface area contributed by atoms with Gasteiger partial charge in [-0.15, -0.1) is 11.6 Å². The van der Waals surface area contributed by atoms with Crippen LogP contribution in [0.15, 0.2) is 24.3 Å². The molecule has 0 bridgehead atoms. The fourth-order valence-electron chi connectivity index (χ4n) is 2.47.